The first-order chi connectivity index (χ1) is 11.6. The van der Waals surface area contributed by atoms with Crippen LogP contribution in [0.2, 0.25) is 0 Å². The van der Waals surface area contributed by atoms with Gasteiger partial charge in [0.2, 0.25) is 18.7 Å². The van der Waals surface area contributed by atoms with Crippen LogP contribution < -0.4 is 20.1 Å². The molecule has 0 saturated heterocycles. The number of nitrogens with two attached hydrogens (primary N) is 1. The Morgan fingerprint density at radius 3 is 2.79 bits per heavy atom. The number of fused-ring (bicyclic) bond motifs is 1. The fourth-order valence-electron chi connectivity index (χ4n) is 2.87. The van der Waals surface area contributed by atoms with Crippen LogP contribution in [0.15, 0.2) is 18.2 Å². The maximum Gasteiger partial charge on any atom is 0.231 e. The van der Waals surface area contributed by atoms with Gasteiger partial charge in [0.05, 0.1) is 0 Å². The molecule has 2 N–H and O–H groups in total. The Morgan fingerprint density at radius 1 is 1.21 bits per heavy atom. The third kappa shape index (κ3) is 3.34. The number of para-hydroxylation sites is 1. The van der Waals surface area contributed by atoms with Crippen molar-refractivity contribution in [1.29, 1.82) is 0 Å². The first kappa shape index (κ1) is 16.3. The van der Waals surface area contributed by atoms with Gasteiger partial charge in [0.1, 0.15) is 5.82 Å². The van der Waals surface area contributed by atoms with E-state index in [0.29, 0.717) is 5.95 Å². The predicted octanol–water partition coefficient (Wildman–Crippen LogP) is 2.37. The Kier molecular flexibility index (Phi) is 4.69. The van der Waals surface area contributed by atoms with Gasteiger partial charge in [0.15, 0.2) is 11.5 Å². The summed E-state index contributed by atoms with van der Waals surface area (Å²) in [6, 6.07) is 5.97. The van der Waals surface area contributed by atoms with Gasteiger partial charge in [-0.2, -0.15) is 15.0 Å². The Morgan fingerprint density at radius 2 is 2.04 bits per heavy atom. The minimum atomic E-state index is 0.148. The molecule has 0 fully saturated rings. The molecule has 0 saturated carbocycles. The summed E-state index contributed by atoms with van der Waals surface area (Å²) in [4.78, 5) is 15.0. The fraction of sp³-hybridized carbons (Fsp3) is 0.471. The zero-order valence-electron chi connectivity index (χ0n) is 14.3. The van der Waals surface area contributed by atoms with Crippen LogP contribution in [-0.4, -0.2) is 35.8 Å². The first-order valence-corrected chi connectivity index (χ1v) is 8.14. The average Bonchev–Trinajstić information content (AvgIpc) is 3.03. The van der Waals surface area contributed by atoms with Crippen molar-refractivity contribution >= 4 is 11.9 Å². The predicted molar refractivity (Wildman–Crippen MR) is 92.5 cm³/mol. The van der Waals surface area contributed by atoms with E-state index in [4.69, 9.17) is 15.2 Å². The lowest BCUT2D eigenvalue weighted by Crippen LogP contribution is -2.18. The molecule has 0 aliphatic carbocycles. The minimum absolute atomic E-state index is 0.148. The number of benzene rings is 1. The topological polar surface area (TPSA) is 86.4 Å². The number of hydrogen-bond donors (Lipinski definition) is 1. The summed E-state index contributed by atoms with van der Waals surface area (Å²) in [7, 11) is 3.78. The van der Waals surface area contributed by atoms with Crippen LogP contribution in [0, 0.1) is 0 Å². The molecule has 2 heterocycles. The van der Waals surface area contributed by atoms with E-state index in [9.17, 15) is 0 Å². The number of aromatic nitrogens is 3. The van der Waals surface area contributed by atoms with E-state index in [1.54, 1.807) is 0 Å². The standard InChI is InChI=1S/C17H23N5O2/c1-4-6-12(15-19-16(18)21-17(20-15)22(2)3)9-11-7-5-8-13-14(11)24-10-23-13/h5,7-8,12H,4,6,9-10H2,1-3H3,(H2,18,19,20,21). The molecule has 2 aromatic rings. The highest BCUT2D eigenvalue weighted by molar-refractivity contribution is 5.48. The van der Waals surface area contributed by atoms with Crippen LogP contribution in [-0.2, 0) is 6.42 Å². The molecular formula is C17H23N5O2. The Bertz CT molecular complexity index is 720. The van der Waals surface area contributed by atoms with E-state index in [0.717, 1.165) is 42.1 Å². The van der Waals surface area contributed by atoms with Gasteiger partial charge in [-0.15, -0.1) is 0 Å². The molecule has 24 heavy (non-hydrogen) atoms. The van der Waals surface area contributed by atoms with Crippen molar-refractivity contribution < 1.29 is 9.47 Å². The number of rotatable bonds is 6. The van der Waals surface area contributed by atoms with Crippen molar-refractivity contribution in [3.05, 3.63) is 29.6 Å². The van der Waals surface area contributed by atoms with Gasteiger partial charge < -0.3 is 20.1 Å². The maximum atomic E-state index is 5.88. The van der Waals surface area contributed by atoms with Crippen molar-refractivity contribution in [2.24, 2.45) is 0 Å². The molecule has 0 bridgehead atoms. The number of anilines is 2. The SMILES string of the molecule is CCCC(Cc1cccc2c1OCO2)c1nc(N)nc(N(C)C)n1. The number of hydrogen-bond acceptors (Lipinski definition) is 7. The summed E-state index contributed by atoms with van der Waals surface area (Å²) in [5, 5.41) is 0. The molecule has 0 amide bonds. The Balaban J connectivity index is 1.92. The van der Waals surface area contributed by atoms with E-state index in [1.165, 1.54) is 0 Å². The quantitative estimate of drug-likeness (QED) is 0.870. The van der Waals surface area contributed by atoms with Crippen LogP contribution in [0.1, 0.15) is 37.1 Å². The molecule has 128 valence electrons. The average molecular weight is 329 g/mol. The summed E-state index contributed by atoms with van der Waals surface area (Å²) < 4.78 is 11.1. The normalized spacial score (nSPS) is 13.8. The van der Waals surface area contributed by atoms with Crippen LogP contribution in [0.4, 0.5) is 11.9 Å². The van der Waals surface area contributed by atoms with Gasteiger partial charge in [-0.1, -0.05) is 25.5 Å². The molecule has 1 unspecified atom stereocenters. The minimum Gasteiger partial charge on any atom is -0.454 e. The van der Waals surface area contributed by atoms with Gasteiger partial charge in [-0.05, 0) is 24.5 Å². The van der Waals surface area contributed by atoms with Crippen LogP contribution in [0.25, 0.3) is 0 Å². The molecule has 7 heteroatoms. The molecule has 1 aliphatic rings. The maximum absolute atomic E-state index is 5.88. The lowest BCUT2D eigenvalue weighted by Gasteiger charge is -2.18. The zero-order valence-corrected chi connectivity index (χ0v) is 14.3. The van der Waals surface area contributed by atoms with Gasteiger partial charge in [0, 0.05) is 20.0 Å². The summed E-state index contributed by atoms with van der Waals surface area (Å²) >= 11 is 0. The van der Waals surface area contributed by atoms with Gasteiger partial charge in [-0.25, -0.2) is 0 Å². The third-order valence-electron chi connectivity index (χ3n) is 4.00. The monoisotopic (exact) mass is 329 g/mol. The molecule has 1 aromatic carbocycles. The number of nitrogen functional groups attached to an aromatic ring is 1. The van der Waals surface area contributed by atoms with Crippen molar-refractivity contribution in [2.75, 3.05) is 31.5 Å². The van der Waals surface area contributed by atoms with Crippen molar-refractivity contribution in [3.8, 4) is 11.5 Å². The summed E-state index contributed by atoms with van der Waals surface area (Å²) in [6.45, 7) is 2.42. The fourth-order valence-corrected chi connectivity index (χ4v) is 2.87. The molecular weight excluding hydrogens is 306 g/mol. The highest BCUT2D eigenvalue weighted by atomic mass is 16.7. The van der Waals surface area contributed by atoms with Gasteiger partial charge >= 0.3 is 0 Å². The first-order valence-electron chi connectivity index (χ1n) is 8.14. The van der Waals surface area contributed by atoms with E-state index >= 15 is 0 Å². The van der Waals surface area contributed by atoms with Crippen molar-refractivity contribution in [1.82, 2.24) is 15.0 Å². The number of ether oxygens (including phenoxy) is 2. The summed E-state index contributed by atoms with van der Waals surface area (Å²) in [6.07, 6.45) is 2.76. The van der Waals surface area contributed by atoms with Crippen LogP contribution in [0.5, 0.6) is 11.5 Å². The molecule has 7 nitrogen and oxygen atoms in total. The molecule has 1 aliphatic heterocycles. The second kappa shape index (κ2) is 6.90. The second-order valence-electron chi connectivity index (χ2n) is 6.09. The second-order valence-corrected chi connectivity index (χ2v) is 6.09. The van der Waals surface area contributed by atoms with Crippen molar-refractivity contribution in [2.45, 2.75) is 32.1 Å². The molecule has 0 spiro atoms. The lowest BCUT2D eigenvalue weighted by atomic mass is 9.93. The van der Waals surface area contributed by atoms with E-state index in [2.05, 4.69) is 27.9 Å². The Hall–Kier alpha value is -2.57. The summed E-state index contributed by atoms with van der Waals surface area (Å²) in [5.41, 5.74) is 6.99. The molecule has 3 rings (SSSR count). The smallest absolute Gasteiger partial charge is 0.231 e. The van der Waals surface area contributed by atoms with Crippen LogP contribution in [0.3, 0.4) is 0 Å². The molecule has 0 radical (unpaired) electrons. The van der Waals surface area contributed by atoms with Gasteiger partial charge in [0.25, 0.3) is 0 Å². The molecule has 1 aromatic heterocycles. The third-order valence-corrected chi connectivity index (χ3v) is 4.00. The van der Waals surface area contributed by atoms with Crippen LogP contribution >= 0.6 is 0 Å². The molecule has 1 atom stereocenters. The van der Waals surface area contributed by atoms with E-state index in [1.807, 2.05) is 31.1 Å². The Labute approximate surface area is 141 Å². The zero-order chi connectivity index (χ0) is 17.1. The summed E-state index contributed by atoms with van der Waals surface area (Å²) in [5.74, 6) is 3.33. The highest BCUT2D eigenvalue weighted by Crippen LogP contribution is 2.38. The van der Waals surface area contributed by atoms with Crippen molar-refractivity contribution in [3.63, 3.8) is 0 Å². The van der Waals surface area contributed by atoms with E-state index in [-0.39, 0.29) is 18.7 Å². The highest BCUT2D eigenvalue weighted by Gasteiger charge is 2.23. The lowest BCUT2D eigenvalue weighted by molar-refractivity contribution is 0.173. The number of nitrogens with zero attached hydrogens (tertiary/aromatic N) is 4. The van der Waals surface area contributed by atoms with Gasteiger partial charge in [-0.3, -0.25) is 0 Å². The van der Waals surface area contributed by atoms with E-state index < -0.39 is 0 Å². The largest absolute Gasteiger partial charge is 0.454 e.